The fourth-order valence-corrected chi connectivity index (χ4v) is 3.84. The van der Waals surface area contributed by atoms with E-state index < -0.39 is 0 Å². The van der Waals surface area contributed by atoms with Gasteiger partial charge in [-0.25, -0.2) is 0 Å². The zero-order valence-corrected chi connectivity index (χ0v) is 17.3. The molecule has 1 N–H and O–H groups in total. The summed E-state index contributed by atoms with van der Waals surface area (Å²) in [6.07, 6.45) is 1.82. The summed E-state index contributed by atoms with van der Waals surface area (Å²) in [5.74, 6) is 1.55. The van der Waals surface area contributed by atoms with Crippen LogP contribution in [0.2, 0.25) is 0 Å². The van der Waals surface area contributed by atoms with Crippen molar-refractivity contribution in [1.29, 1.82) is 0 Å². The topological polar surface area (TPSA) is 67.3 Å². The van der Waals surface area contributed by atoms with Gasteiger partial charge in [-0.15, -0.1) is 10.2 Å². The van der Waals surface area contributed by atoms with E-state index in [-0.39, 0.29) is 11.8 Å². The molecule has 1 fully saturated rings. The number of para-hydroxylation sites is 2. The number of ether oxygens (including phenoxy) is 1. The van der Waals surface area contributed by atoms with Gasteiger partial charge in [-0.2, -0.15) is 0 Å². The van der Waals surface area contributed by atoms with Gasteiger partial charge in [0.05, 0.1) is 18.7 Å². The van der Waals surface area contributed by atoms with Crippen molar-refractivity contribution < 1.29 is 9.53 Å². The molecule has 1 aromatic heterocycles. The molecule has 1 aliphatic rings. The van der Waals surface area contributed by atoms with Crippen LogP contribution in [0, 0.1) is 12.8 Å². The molecular formula is C24H26N4O2. The molecule has 30 heavy (non-hydrogen) atoms. The molecule has 0 spiro atoms. The standard InChI is InChI=1S/C24H26N4O2/c1-17-8-3-5-11-20(17)25-24(29)18-9-7-15-28(16-18)23-14-13-21(26-27-23)19-10-4-6-12-22(19)30-2/h3-6,8,10-14,18H,7,9,15-16H2,1-2H3,(H,25,29). The number of methoxy groups -OCH3 is 1. The van der Waals surface area contributed by atoms with Crippen LogP contribution >= 0.6 is 0 Å². The number of hydrogen-bond donors (Lipinski definition) is 1. The summed E-state index contributed by atoms with van der Waals surface area (Å²) >= 11 is 0. The zero-order valence-electron chi connectivity index (χ0n) is 17.3. The number of anilines is 2. The number of carbonyl (C=O) groups is 1. The lowest BCUT2D eigenvalue weighted by Crippen LogP contribution is -2.41. The van der Waals surface area contributed by atoms with E-state index in [2.05, 4.69) is 20.4 Å². The third kappa shape index (κ3) is 4.27. The number of aryl methyl sites for hydroxylation is 1. The average molecular weight is 402 g/mol. The van der Waals surface area contributed by atoms with Crippen LogP contribution in [0.3, 0.4) is 0 Å². The molecule has 1 aliphatic heterocycles. The van der Waals surface area contributed by atoms with Crippen LogP contribution in [0.4, 0.5) is 11.5 Å². The quantitative estimate of drug-likeness (QED) is 0.689. The molecule has 0 aliphatic carbocycles. The Balaban J connectivity index is 1.45. The second-order valence-corrected chi connectivity index (χ2v) is 7.57. The SMILES string of the molecule is COc1ccccc1-c1ccc(N2CCCC(C(=O)Nc3ccccc3C)C2)nn1. The lowest BCUT2D eigenvalue weighted by molar-refractivity contribution is -0.120. The van der Waals surface area contributed by atoms with Crippen molar-refractivity contribution in [3.05, 3.63) is 66.2 Å². The number of carbonyl (C=O) groups excluding carboxylic acids is 1. The van der Waals surface area contributed by atoms with E-state index in [1.165, 1.54) is 0 Å². The Morgan fingerprint density at radius 1 is 1.07 bits per heavy atom. The van der Waals surface area contributed by atoms with E-state index in [1.54, 1.807) is 7.11 Å². The average Bonchev–Trinajstić information content (AvgIpc) is 2.80. The van der Waals surface area contributed by atoms with Crippen molar-refractivity contribution in [3.63, 3.8) is 0 Å². The predicted molar refractivity (Wildman–Crippen MR) is 119 cm³/mol. The molecule has 3 aromatic rings. The number of rotatable bonds is 5. The maximum Gasteiger partial charge on any atom is 0.229 e. The Bertz CT molecular complexity index is 1020. The molecule has 1 atom stereocenters. The Morgan fingerprint density at radius 3 is 2.63 bits per heavy atom. The lowest BCUT2D eigenvalue weighted by Gasteiger charge is -2.32. The molecule has 154 valence electrons. The summed E-state index contributed by atoms with van der Waals surface area (Å²) in [6, 6.07) is 19.5. The molecule has 4 rings (SSSR count). The smallest absolute Gasteiger partial charge is 0.229 e. The molecule has 0 bridgehead atoms. The molecular weight excluding hydrogens is 376 g/mol. The normalized spacial score (nSPS) is 16.2. The number of piperidine rings is 1. The Kier molecular flexibility index (Phi) is 5.93. The fraction of sp³-hybridized carbons (Fsp3) is 0.292. The van der Waals surface area contributed by atoms with Gasteiger partial charge in [0.2, 0.25) is 5.91 Å². The van der Waals surface area contributed by atoms with Gasteiger partial charge in [0, 0.05) is 24.3 Å². The number of amides is 1. The molecule has 1 unspecified atom stereocenters. The van der Waals surface area contributed by atoms with E-state index in [0.717, 1.165) is 53.5 Å². The van der Waals surface area contributed by atoms with Crippen molar-refractivity contribution in [2.75, 3.05) is 30.4 Å². The van der Waals surface area contributed by atoms with Crippen molar-refractivity contribution in [2.24, 2.45) is 5.92 Å². The second kappa shape index (κ2) is 8.95. The largest absolute Gasteiger partial charge is 0.496 e. The van der Waals surface area contributed by atoms with Gasteiger partial charge in [-0.05, 0) is 55.7 Å². The van der Waals surface area contributed by atoms with Gasteiger partial charge in [-0.3, -0.25) is 4.79 Å². The first-order chi connectivity index (χ1) is 14.7. The maximum absolute atomic E-state index is 12.8. The van der Waals surface area contributed by atoms with Crippen molar-refractivity contribution in [1.82, 2.24) is 10.2 Å². The summed E-state index contributed by atoms with van der Waals surface area (Å²) in [5, 5.41) is 11.9. The number of hydrogen-bond acceptors (Lipinski definition) is 5. The maximum atomic E-state index is 12.8. The van der Waals surface area contributed by atoms with Crippen LogP contribution in [0.25, 0.3) is 11.3 Å². The minimum absolute atomic E-state index is 0.0626. The Hall–Kier alpha value is -3.41. The molecule has 0 radical (unpaired) electrons. The summed E-state index contributed by atoms with van der Waals surface area (Å²) in [5.41, 5.74) is 3.62. The van der Waals surface area contributed by atoms with Crippen LogP contribution in [-0.4, -0.2) is 36.3 Å². The number of nitrogens with one attached hydrogen (secondary N) is 1. The minimum atomic E-state index is -0.0750. The fourth-order valence-electron chi connectivity index (χ4n) is 3.84. The minimum Gasteiger partial charge on any atom is -0.496 e. The van der Waals surface area contributed by atoms with Crippen LogP contribution < -0.4 is 15.0 Å². The molecule has 0 saturated carbocycles. The molecule has 1 amide bonds. The monoisotopic (exact) mass is 402 g/mol. The molecule has 6 heteroatoms. The van der Waals surface area contributed by atoms with Gasteiger partial charge < -0.3 is 15.0 Å². The van der Waals surface area contributed by atoms with Gasteiger partial charge in [0.15, 0.2) is 5.82 Å². The second-order valence-electron chi connectivity index (χ2n) is 7.57. The van der Waals surface area contributed by atoms with Crippen LogP contribution in [-0.2, 0) is 4.79 Å². The molecule has 2 heterocycles. The zero-order chi connectivity index (χ0) is 20.9. The molecule has 2 aromatic carbocycles. The molecule has 6 nitrogen and oxygen atoms in total. The van der Waals surface area contributed by atoms with Crippen molar-refractivity contribution >= 4 is 17.4 Å². The summed E-state index contributed by atoms with van der Waals surface area (Å²) in [7, 11) is 1.65. The van der Waals surface area contributed by atoms with Gasteiger partial charge in [0.1, 0.15) is 5.75 Å². The summed E-state index contributed by atoms with van der Waals surface area (Å²) in [6.45, 7) is 3.51. The van der Waals surface area contributed by atoms with E-state index in [1.807, 2.05) is 67.6 Å². The third-order valence-electron chi connectivity index (χ3n) is 5.55. The first-order valence-corrected chi connectivity index (χ1v) is 10.2. The highest BCUT2D eigenvalue weighted by molar-refractivity contribution is 5.93. The van der Waals surface area contributed by atoms with Crippen LogP contribution in [0.5, 0.6) is 5.75 Å². The van der Waals surface area contributed by atoms with Gasteiger partial charge in [0.25, 0.3) is 0 Å². The van der Waals surface area contributed by atoms with Crippen LogP contribution in [0.1, 0.15) is 18.4 Å². The van der Waals surface area contributed by atoms with Crippen LogP contribution in [0.15, 0.2) is 60.7 Å². The highest BCUT2D eigenvalue weighted by Gasteiger charge is 2.27. The molecule has 1 saturated heterocycles. The number of nitrogens with zero attached hydrogens (tertiary/aromatic N) is 3. The van der Waals surface area contributed by atoms with E-state index in [0.29, 0.717) is 6.54 Å². The highest BCUT2D eigenvalue weighted by atomic mass is 16.5. The van der Waals surface area contributed by atoms with Crippen molar-refractivity contribution in [3.8, 4) is 17.0 Å². The summed E-state index contributed by atoms with van der Waals surface area (Å²) < 4.78 is 5.42. The lowest BCUT2D eigenvalue weighted by atomic mass is 9.97. The Labute approximate surface area is 176 Å². The van der Waals surface area contributed by atoms with E-state index in [4.69, 9.17) is 4.74 Å². The van der Waals surface area contributed by atoms with Gasteiger partial charge in [-0.1, -0.05) is 30.3 Å². The Morgan fingerprint density at radius 2 is 1.87 bits per heavy atom. The van der Waals surface area contributed by atoms with E-state index in [9.17, 15) is 4.79 Å². The highest BCUT2D eigenvalue weighted by Crippen LogP contribution is 2.29. The van der Waals surface area contributed by atoms with Gasteiger partial charge >= 0.3 is 0 Å². The van der Waals surface area contributed by atoms with Crippen molar-refractivity contribution in [2.45, 2.75) is 19.8 Å². The predicted octanol–water partition coefficient (Wildman–Crippen LogP) is 4.32. The number of aromatic nitrogens is 2. The summed E-state index contributed by atoms with van der Waals surface area (Å²) in [4.78, 5) is 15.0. The number of benzene rings is 2. The first-order valence-electron chi connectivity index (χ1n) is 10.2. The third-order valence-corrected chi connectivity index (χ3v) is 5.55. The first kappa shape index (κ1) is 19.9. The van der Waals surface area contributed by atoms with E-state index >= 15 is 0 Å².